The van der Waals surface area contributed by atoms with Crippen molar-refractivity contribution in [3.05, 3.63) is 53.6 Å². The number of carbonyl (C=O) groups is 1. The molecular formula is C26H31N3O6. The van der Waals surface area contributed by atoms with Gasteiger partial charge in [-0.2, -0.15) is 5.26 Å². The van der Waals surface area contributed by atoms with E-state index in [0.29, 0.717) is 35.9 Å². The lowest BCUT2D eigenvalue weighted by Gasteiger charge is -2.45. The van der Waals surface area contributed by atoms with E-state index in [-0.39, 0.29) is 18.3 Å². The Morgan fingerprint density at radius 1 is 1.09 bits per heavy atom. The molecule has 3 atom stereocenters. The standard InChI is InChI=1S/C26H31N3O6/c1-32-24-10-9-20(12-25(24)33-2)35-23(19-7-5-18(13-27)6-8-19)4-3-11-28-14-21-16-29(26(30)31)17-22(15-28)34-21/h5-10,12,21-23H,3-4,11,14-17H2,1-2H3,(H,30,31). The van der Waals surface area contributed by atoms with Gasteiger partial charge in [-0.1, -0.05) is 12.1 Å². The number of benzene rings is 2. The summed E-state index contributed by atoms with van der Waals surface area (Å²) < 4.78 is 23.1. The van der Waals surface area contributed by atoms with Crippen molar-refractivity contribution in [1.82, 2.24) is 9.80 Å². The minimum atomic E-state index is -0.880. The van der Waals surface area contributed by atoms with E-state index < -0.39 is 6.09 Å². The Morgan fingerprint density at radius 3 is 2.37 bits per heavy atom. The van der Waals surface area contributed by atoms with Gasteiger partial charge in [0, 0.05) is 19.2 Å². The zero-order chi connectivity index (χ0) is 24.8. The fourth-order valence-corrected chi connectivity index (χ4v) is 4.74. The lowest BCUT2D eigenvalue weighted by atomic mass is 10.0. The van der Waals surface area contributed by atoms with Crippen LogP contribution in [0.1, 0.15) is 30.1 Å². The highest BCUT2D eigenvalue weighted by atomic mass is 16.5. The first kappa shape index (κ1) is 24.6. The van der Waals surface area contributed by atoms with E-state index in [9.17, 15) is 9.90 Å². The molecule has 2 aromatic rings. The Hall–Kier alpha value is -3.48. The molecule has 4 rings (SSSR count). The average molecular weight is 482 g/mol. The summed E-state index contributed by atoms with van der Waals surface area (Å²) in [5.41, 5.74) is 1.60. The van der Waals surface area contributed by atoms with E-state index in [2.05, 4.69) is 11.0 Å². The summed E-state index contributed by atoms with van der Waals surface area (Å²) in [6.07, 6.45) is 0.402. The molecule has 1 N–H and O–H groups in total. The number of rotatable bonds is 9. The van der Waals surface area contributed by atoms with Crippen LogP contribution in [0.3, 0.4) is 0 Å². The maximum absolute atomic E-state index is 11.3. The van der Waals surface area contributed by atoms with Gasteiger partial charge < -0.3 is 29.0 Å². The molecule has 2 fully saturated rings. The molecule has 0 radical (unpaired) electrons. The predicted octanol–water partition coefficient (Wildman–Crippen LogP) is 3.54. The van der Waals surface area contributed by atoms with Crippen molar-refractivity contribution in [3.63, 3.8) is 0 Å². The van der Waals surface area contributed by atoms with Gasteiger partial charge in [0.05, 0.1) is 51.1 Å². The van der Waals surface area contributed by atoms with Crippen molar-refractivity contribution in [1.29, 1.82) is 5.26 Å². The Kier molecular flexibility index (Phi) is 7.95. The molecule has 0 aromatic heterocycles. The second-order valence-electron chi connectivity index (χ2n) is 8.83. The minimum absolute atomic E-state index is 0.0871. The topological polar surface area (TPSA) is 104 Å². The van der Waals surface area contributed by atoms with Crippen LogP contribution in [-0.2, 0) is 4.74 Å². The molecule has 1 amide bonds. The van der Waals surface area contributed by atoms with Crippen molar-refractivity contribution >= 4 is 6.09 Å². The summed E-state index contributed by atoms with van der Waals surface area (Å²) in [7, 11) is 3.18. The largest absolute Gasteiger partial charge is 0.493 e. The third-order valence-electron chi connectivity index (χ3n) is 6.41. The molecule has 0 spiro atoms. The van der Waals surface area contributed by atoms with Gasteiger partial charge in [-0.25, -0.2) is 4.79 Å². The number of hydrogen-bond donors (Lipinski definition) is 1. The smallest absolute Gasteiger partial charge is 0.407 e. The molecule has 186 valence electrons. The van der Waals surface area contributed by atoms with Gasteiger partial charge in [-0.05, 0) is 49.2 Å². The Balaban J connectivity index is 1.41. The van der Waals surface area contributed by atoms with E-state index in [0.717, 1.165) is 38.0 Å². The molecule has 2 aliphatic heterocycles. The maximum Gasteiger partial charge on any atom is 0.407 e. The van der Waals surface area contributed by atoms with Crippen molar-refractivity contribution in [3.8, 4) is 23.3 Å². The van der Waals surface area contributed by atoms with Crippen LogP contribution >= 0.6 is 0 Å². The molecule has 9 nitrogen and oxygen atoms in total. The summed E-state index contributed by atoms with van der Waals surface area (Å²) in [4.78, 5) is 15.1. The minimum Gasteiger partial charge on any atom is -0.493 e. The number of amides is 1. The quantitative estimate of drug-likeness (QED) is 0.580. The molecule has 2 aromatic carbocycles. The van der Waals surface area contributed by atoms with Gasteiger partial charge >= 0.3 is 6.09 Å². The lowest BCUT2D eigenvalue weighted by Crippen LogP contribution is -2.60. The van der Waals surface area contributed by atoms with Gasteiger partial charge in [-0.3, -0.25) is 4.90 Å². The van der Waals surface area contributed by atoms with Crippen LogP contribution in [0.5, 0.6) is 17.2 Å². The van der Waals surface area contributed by atoms with Gasteiger partial charge in [0.1, 0.15) is 11.9 Å². The fraction of sp³-hybridized carbons (Fsp3) is 0.462. The molecule has 2 heterocycles. The molecule has 2 saturated heterocycles. The molecule has 2 aliphatic rings. The number of fused-ring (bicyclic) bond motifs is 2. The van der Waals surface area contributed by atoms with Crippen LogP contribution < -0.4 is 14.2 Å². The van der Waals surface area contributed by atoms with Crippen molar-refractivity contribution in [2.75, 3.05) is 46.9 Å². The second-order valence-corrected chi connectivity index (χ2v) is 8.83. The van der Waals surface area contributed by atoms with Crippen LogP contribution in [0.4, 0.5) is 4.79 Å². The van der Waals surface area contributed by atoms with Crippen LogP contribution in [0.15, 0.2) is 42.5 Å². The molecule has 3 unspecified atom stereocenters. The van der Waals surface area contributed by atoms with Gasteiger partial charge in [0.2, 0.25) is 0 Å². The zero-order valence-electron chi connectivity index (χ0n) is 20.1. The summed E-state index contributed by atoms with van der Waals surface area (Å²) in [6, 6.07) is 15.1. The van der Waals surface area contributed by atoms with E-state index >= 15 is 0 Å². The van der Waals surface area contributed by atoms with Gasteiger partial charge in [0.25, 0.3) is 0 Å². The summed E-state index contributed by atoms with van der Waals surface area (Å²) in [5.74, 6) is 1.90. The highest BCUT2D eigenvalue weighted by Gasteiger charge is 2.36. The number of ether oxygens (including phenoxy) is 4. The molecule has 0 aliphatic carbocycles. The molecular weight excluding hydrogens is 450 g/mol. The Labute approximate surface area is 205 Å². The zero-order valence-corrected chi connectivity index (χ0v) is 20.1. The van der Waals surface area contributed by atoms with Crippen LogP contribution in [0.2, 0.25) is 0 Å². The van der Waals surface area contributed by atoms with Gasteiger partial charge in [-0.15, -0.1) is 0 Å². The van der Waals surface area contributed by atoms with Crippen LogP contribution in [-0.4, -0.2) is 80.2 Å². The van der Waals surface area contributed by atoms with Crippen LogP contribution in [0.25, 0.3) is 0 Å². The number of morpholine rings is 2. The second kappa shape index (κ2) is 11.3. The van der Waals surface area contributed by atoms with E-state index in [1.54, 1.807) is 26.4 Å². The first-order valence-electron chi connectivity index (χ1n) is 11.7. The lowest BCUT2D eigenvalue weighted by molar-refractivity contribution is -0.132. The third-order valence-corrected chi connectivity index (χ3v) is 6.41. The van der Waals surface area contributed by atoms with Crippen molar-refractivity contribution < 1.29 is 28.8 Å². The SMILES string of the molecule is COc1ccc(OC(CCCN2CC3CN(C(=O)O)CC(C2)O3)c2ccc(C#N)cc2)cc1OC. The first-order chi connectivity index (χ1) is 17.0. The molecule has 2 bridgehead atoms. The van der Waals surface area contributed by atoms with E-state index in [4.69, 9.17) is 24.2 Å². The number of carboxylic acid groups (broad SMARTS) is 1. The van der Waals surface area contributed by atoms with E-state index in [1.807, 2.05) is 30.3 Å². The van der Waals surface area contributed by atoms with E-state index in [1.165, 1.54) is 4.90 Å². The number of nitriles is 1. The highest BCUT2D eigenvalue weighted by Crippen LogP contribution is 2.34. The molecule has 35 heavy (non-hydrogen) atoms. The Morgan fingerprint density at radius 2 is 1.77 bits per heavy atom. The number of methoxy groups -OCH3 is 2. The normalized spacial score (nSPS) is 20.5. The summed E-state index contributed by atoms with van der Waals surface area (Å²) in [6.45, 7) is 3.14. The number of nitrogens with zero attached hydrogens (tertiary/aromatic N) is 3. The average Bonchev–Trinajstić information content (AvgIpc) is 2.87. The van der Waals surface area contributed by atoms with Crippen molar-refractivity contribution in [2.24, 2.45) is 0 Å². The molecule has 9 heteroatoms. The molecule has 0 saturated carbocycles. The fourth-order valence-electron chi connectivity index (χ4n) is 4.74. The van der Waals surface area contributed by atoms with Crippen molar-refractivity contribution in [2.45, 2.75) is 31.2 Å². The van der Waals surface area contributed by atoms with Gasteiger partial charge in [0.15, 0.2) is 11.5 Å². The maximum atomic E-state index is 11.3. The number of hydrogen-bond acceptors (Lipinski definition) is 7. The monoisotopic (exact) mass is 481 g/mol. The summed E-state index contributed by atoms with van der Waals surface area (Å²) >= 11 is 0. The predicted molar refractivity (Wildman–Crippen MR) is 128 cm³/mol. The first-order valence-corrected chi connectivity index (χ1v) is 11.7. The summed E-state index contributed by atoms with van der Waals surface area (Å²) in [5, 5.41) is 18.4. The van der Waals surface area contributed by atoms with Crippen LogP contribution in [0, 0.1) is 11.3 Å². The third kappa shape index (κ3) is 6.15. The Bertz CT molecular complexity index is 1040. The highest BCUT2D eigenvalue weighted by molar-refractivity contribution is 5.65.